The Labute approximate surface area is 130 Å². The number of hydrogen-bond donors (Lipinski definition) is 3. The van der Waals surface area contributed by atoms with Gasteiger partial charge in [-0.05, 0) is 31.8 Å². The molecule has 0 bridgehead atoms. The third-order valence-electron chi connectivity index (χ3n) is 3.43. The normalized spacial score (nSPS) is 15.1. The van der Waals surface area contributed by atoms with Gasteiger partial charge in [-0.15, -0.1) is 12.4 Å². The molecule has 2 rings (SSSR count). The lowest BCUT2D eigenvalue weighted by atomic mass is 9.94. The van der Waals surface area contributed by atoms with E-state index >= 15 is 0 Å². The quantitative estimate of drug-likeness (QED) is 0.733. The average molecular weight is 316 g/mol. The summed E-state index contributed by atoms with van der Waals surface area (Å²) >= 11 is 0. The van der Waals surface area contributed by atoms with E-state index in [-0.39, 0.29) is 30.8 Å². The number of hydrogen-bond acceptors (Lipinski definition) is 4. The second kappa shape index (κ2) is 8.63. The third kappa shape index (κ3) is 5.73. The lowest BCUT2D eigenvalue weighted by molar-refractivity contribution is -0.121. The van der Waals surface area contributed by atoms with Gasteiger partial charge in [0.2, 0.25) is 11.8 Å². The van der Waals surface area contributed by atoms with E-state index in [0.717, 1.165) is 25.9 Å². The summed E-state index contributed by atoms with van der Waals surface area (Å²) in [4.78, 5) is 23.1. The topological polar surface area (TPSA) is 88.0 Å². The van der Waals surface area contributed by atoms with Crippen LogP contribution in [0.3, 0.4) is 0 Å². The van der Waals surface area contributed by atoms with E-state index in [0.29, 0.717) is 18.0 Å². The van der Waals surface area contributed by atoms with E-state index in [2.05, 4.69) is 21.0 Å². The van der Waals surface area contributed by atoms with Gasteiger partial charge in [-0.2, -0.15) is 5.10 Å². The smallest absolute Gasteiger partial charge is 0.241 e. The van der Waals surface area contributed by atoms with Crippen LogP contribution < -0.4 is 16.0 Å². The molecule has 21 heavy (non-hydrogen) atoms. The van der Waals surface area contributed by atoms with Crippen LogP contribution in [0.5, 0.6) is 0 Å². The molecule has 3 N–H and O–H groups in total. The molecule has 0 aliphatic carbocycles. The maximum atomic E-state index is 11.9. The number of nitrogens with zero attached hydrogens (tertiary/aromatic N) is 2. The average Bonchev–Trinajstić information content (AvgIpc) is 2.86. The van der Waals surface area contributed by atoms with Crippen molar-refractivity contribution in [1.29, 1.82) is 0 Å². The summed E-state index contributed by atoms with van der Waals surface area (Å²) in [6, 6.07) is 0. The molecule has 1 aromatic heterocycles. The Morgan fingerprint density at radius 2 is 2.10 bits per heavy atom. The van der Waals surface area contributed by atoms with E-state index in [1.165, 1.54) is 4.68 Å². The van der Waals surface area contributed by atoms with Gasteiger partial charge in [0.05, 0.1) is 11.9 Å². The van der Waals surface area contributed by atoms with Crippen LogP contribution in [-0.2, 0) is 16.1 Å². The summed E-state index contributed by atoms with van der Waals surface area (Å²) in [7, 11) is 1.58. The van der Waals surface area contributed by atoms with E-state index < -0.39 is 0 Å². The van der Waals surface area contributed by atoms with Crippen LogP contribution in [0.2, 0.25) is 0 Å². The number of piperidine rings is 1. The first kappa shape index (κ1) is 17.5. The highest BCUT2D eigenvalue weighted by molar-refractivity contribution is 5.90. The highest BCUT2D eigenvalue weighted by atomic mass is 35.5. The molecular formula is C13H22ClN5O2. The highest BCUT2D eigenvalue weighted by Gasteiger charge is 2.17. The molecule has 0 atom stereocenters. The largest absolute Gasteiger partial charge is 0.358 e. The van der Waals surface area contributed by atoms with E-state index in [1.54, 1.807) is 19.4 Å². The lowest BCUT2D eigenvalue weighted by Gasteiger charge is -2.21. The maximum absolute atomic E-state index is 11.9. The van der Waals surface area contributed by atoms with Crippen molar-refractivity contribution in [2.75, 3.05) is 25.5 Å². The Morgan fingerprint density at radius 1 is 1.38 bits per heavy atom. The van der Waals surface area contributed by atoms with Crippen molar-refractivity contribution in [2.24, 2.45) is 5.92 Å². The zero-order valence-corrected chi connectivity index (χ0v) is 12.9. The van der Waals surface area contributed by atoms with Crippen molar-refractivity contribution >= 4 is 29.9 Å². The Morgan fingerprint density at radius 3 is 2.76 bits per heavy atom. The minimum atomic E-state index is -0.124. The molecule has 0 saturated carbocycles. The van der Waals surface area contributed by atoms with Gasteiger partial charge in [0.1, 0.15) is 6.54 Å². The molecule has 1 aromatic rings. The van der Waals surface area contributed by atoms with E-state index in [9.17, 15) is 9.59 Å². The Bertz CT molecular complexity index is 471. The van der Waals surface area contributed by atoms with Crippen molar-refractivity contribution in [3.05, 3.63) is 12.4 Å². The first-order valence-corrected chi connectivity index (χ1v) is 6.91. The molecule has 2 amide bonds. The number of aromatic nitrogens is 2. The first-order chi connectivity index (χ1) is 9.67. The monoisotopic (exact) mass is 315 g/mol. The summed E-state index contributed by atoms with van der Waals surface area (Å²) < 4.78 is 1.50. The van der Waals surface area contributed by atoms with Crippen LogP contribution in [0, 0.1) is 5.92 Å². The summed E-state index contributed by atoms with van der Waals surface area (Å²) in [6.07, 6.45) is 5.86. The number of carbonyl (C=O) groups excluding carboxylic acids is 2. The Balaban J connectivity index is 0.00000220. The highest BCUT2D eigenvalue weighted by Crippen LogP contribution is 2.17. The minimum absolute atomic E-state index is 0. The number of amides is 2. The van der Waals surface area contributed by atoms with Gasteiger partial charge >= 0.3 is 0 Å². The number of rotatable bonds is 5. The molecule has 1 aliphatic heterocycles. The molecule has 7 nitrogen and oxygen atoms in total. The molecule has 8 heteroatoms. The van der Waals surface area contributed by atoms with Crippen molar-refractivity contribution in [3.63, 3.8) is 0 Å². The molecule has 118 valence electrons. The number of nitrogens with one attached hydrogen (secondary N) is 3. The fourth-order valence-corrected chi connectivity index (χ4v) is 2.30. The van der Waals surface area contributed by atoms with Crippen LogP contribution in [0.25, 0.3) is 0 Å². The number of carbonyl (C=O) groups is 2. The second-order valence-electron chi connectivity index (χ2n) is 5.05. The van der Waals surface area contributed by atoms with Crippen LogP contribution in [0.1, 0.15) is 19.3 Å². The van der Waals surface area contributed by atoms with Gasteiger partial charge in [0.15, 0.2) is 0 Å². The van der Waals surface area contributed by atoms with Gasteiger partial charge in [0.25, 0.3) is 0 Å². The number of likely N-dealkylation sites (N-methyl/N-ethyl adjacent to an activating group) is 1. The maximum Gasteiger partial charge on any atom is 0.241 e. The van der Waals surface area contributed by atoms with Crippen LogP contribution >= 0.6 is 12.4 Å². The van der Waals surface area contributed by atoms with Crippen molar-refractivity contribution in [3.8, 4) is 0 Å². The lowest BCUT2D eigenvalue weighted by Crippen LogP contribution is -2.30. The molecule has 1 fully saturated rings. The number of anilines is 1. The fraction of sp³-hybridized carbons (Fsp3) is 0.615. The van der Waals surface area contributed by atoms with Gasteiger partial charge in [0, 0.05) is 19.7 Å². The van der Waals surface area contributed by atoms with Crippen LogP contribution in [-0.4, -0.2) is 41.7 Å². The predicted octanol–water partition coefficient (Wildman–Crippen LogP) is 0.379. The standard InChI is InChI=1S/C13H21N5O2.ClH/c1-14-13(20)9-18-8-11(7-16-18)17-12(19)6-10-2-4-15-5-3-10;/h7-8,10,15H,2-6,9H2,1H3,(H,14,20)(H,17,19);1H. The SMILES string of the molecule is CNC(=O)Cn1cc(NC(=O)CC2CCNCC2)cn1.Cl. The zero-order chi connectivity index (χ0) is 14.4. The van der Waals surface area contributed by atoms with Gasteiger partial charge in [-0.1, -0.05) is 0 Å². The Kier molecular flexibility index (Phi) is 7.18. The Hall–Kier alpha value is -1.60. The molecule has 1 saturated heterocycles. The molecular weight excluding hydrogens is 294 g/mol. The van der Waals surface area contributed by atoms with Gasteiger partial charge < -0.3 is 16.0 Å². The summed E-state index contributed by atoms with van der Waals surface area (Å²) in [5, 5.41) is 12.7. The fourth-order valence-electron chi connectivity index (χ4n) is 2.30. The van der Waals surface area contributed by atoms with Crippen LogP contribution in [0.15, 0.2) is 12.4 Å². The van der Waals surface area contributed by atoms with E-state index in [4.69, 9.17) is 0 Å². The molecule has 0 radical (unpaired) electrons. The molecule has 0 unspecified atom stereocenters. The van der Waals surface area contributed by atoms with Gasteiger partial charge in [-0.3, -0.25) is 14.3 Å². The van der Waals surface area contributed by atoms with Crippen molar-refractivity contribution < 1.29 is 9.59 Å². The van der Waals surface area contributed by atoms with Crippen LogP contribution in [0.4, 0.5) is 5.69 Å². The molecule has 0 aromatic carbocycles. The van der Waals surface area contributed by atoms with Crippen molar-refractivity contribution in [1.82, 2.24) is 20.4 Å². The van der Waals surface area contributed by atoms with Crippen molar-refractivity contribution in [2.45, 2.75) is 25.8 Å². The number of halogens is 1. The molecule has 2 heterocycles. The predicted molar refractivity (Wildman–Crippen MR) is 82.4 cm³/mol. The second-order valence-corrected chi connectivity index (χ2v) is 5.05. The molecule has 1 aliphatic rings. The first-order valence-electron chi connectivity index (χ1n) is 6.91. The zero-order valence-electron chi connectivity index (χ0n) is 12.1. The van der Waals surface area contributed by atoms with Gasteiger partial charge in [-0.25, -0.2) is 0 Å². The minimum Gasteiger partial charge on any atom is -0.358 e. The third-order valence-corrected chi connectivity index (χ3v) is 3.43. The summed E-state index contributed by atoms with van der Waals surface area (Å²) in [5.41, 5.74) is 0.632. The molecule has 0 spiro atoms. The summed E-state index contributed by atoms with van der Waals surface area (Å²) in [6.45, 7) is 2.13. The van der Waals surface area contributed by atoms with E-state index in [1.807, 2.05) is 0 Å². The summed E-state index contributed by atoms with van der Waals surface area (Å²) in [5.74, 6) is 0.342.